The van der Waals surface area contributed by atoms with Gasteiger partial charge in [0, 0.05) is 57.3 Å². The van der Waals surface area contributed by atoms with Crippen LogP contribution in [0.3, 0.4) is 0 Å². The van der Waals surface area contributed by atoms with Gasteiger partial charge in [0.2, 0.25) is 17.6 Å². The summed E-state index contributed by atoms with van der Waals surface area (Å²) in [6, 6.07) is 0.548. The van der Waals surface area contributed by atoms with Crippen LogP contribution in [-0.2, 0) is 43.0 Å². The van der Waals surface area contributed by atoms with Crippen LogP contribution < -0.4 is 0 Å². The third-order valence-electron chi connectivity index (χ3n) is 15.2. The van der Waals surface area contributed by atoms with Crippen molar-refractivity contribution < 1.29 is 47.4 Å². The van der Waals surface area contributed by atoms with E-state index in [0.717, 1.165) is 180 Å². The highest BCUT2D eigenvalue weighted by atomic mass is 19.1. The van der Waals surface area contributed by atoms with Gasteiger partial charge in [0.1, 0.15) is 6.29 Å². The maximum Gasteiger partial charge on any atom is 0.366 e. The average Bonchev–Trinajstić information content (AvgIpc) is 3.43. The summed E-state index contributed by atoms with van der Waals surface area (Å²) in [5.41, 5.74) is 0. The predicted molar refractivity (Wildman–Crippen MR) is 329 cm³/mol. The SMILES string of the molecule is CCCCCCCCCC(CCCCC/C=C(\F)C(=O)OCC)N(CCCCCCCC(=O)OC)C(=O)CCCN(C)C.CCCCCCCCCC(CCCCCC=O)N(CCCCCCCC(=O)OC)C(=O)CCCN(C)C. The number of hydrogen-bond acceptors (Lipinski definition) is 11. The van der Waals surface area contributed by atoms with E-state index in [1.54, 1.807) is 6.92 Å². The van der Waals surface area contributed by atoms with Gasteiger partial charge >= 0.3 is 17.9 Å². The molecule has 0 aliphatic rings. The number of amides is 2. The van der Waals surface area contributed by atoms with E-state index in [1.807, 2.05) is 14.1 Å². The lowest BCUT2D eigenvalue weighted by molar-refractivity contribution is -0.141. The third-order valence-corrected chi connectivity index (χ3v) is 15.2. The van der Waals surface area contributed by atoms with E-state index in [9.17, 15) is 33.2 Å². The number of esters is 3. The van der Waals surface area contributed by atoms with E-state index in [1.165, 1.54) is 104 Å². The van der Waals surface area contributed by atoms with E-state index >= 15 is 0 Å². The van der Waals surface area contributed by atoms with Gasteiger partial charge in [-0.3, -0.25) is 19.2 Å². The first-order valence-corrected chi connectivity index (χ1v) is 32.7. The number of hydrogen-bond donors (Lipinski definition) is 0. The number of nitrogens with zero attached hydrogens (tertiary/aromatic N) is 4. The van der Waals surface area contributed by atoms with Gasteiger partial charge in [-0.05, 0) is 138 Å². The van der Waals surface area contributed by atoms with Crippen molar-refractivity contribution in [3.8, 4) is 0 Å². The van der Waals surface area contributed by atoms with E-state index < -0.39 is 11.8 Å². The lowest BCUT2D eigenvalue weighted by atomic mass is 9.97. The van der Waals surface area contributed by atoms with Gasteiger partial charge in [-0.15, -0.1) is 0 Å². The third kappa shape index (κ3) is 50.3. The lowest BCUT2D eigenvalue weighted by Crippen LogP contribution is -2.41. The first-order chi connectivity index (χ1) is 38.7. The summed E-state index contributed by atoms with van der Waals surface area (Å²) in [4.78, 5) is 80.4. The largest absolute Gasteiger partial charge is 0.469 e. The van der Waals surface area contributed by atoms with Crippen LogP contribution >= 0.6 is 0 Å². The number of aldehydes is 1. The molecule has 0 spiro atoms. The van der Waals surface area contributed by atoms with E-state index in [4.69, 9.17) is 14.2 Å². The Labute approximate surface area is 490 Å². The number of rotatable bonds is 56. The van der Waals surface area contributed by atoms with E-state index in [2.05, 4.69) is 47.5 Å². The summed E-state index contributed by atoms with van der Waals surface area (Å²) in [5, 5.41) is 0. The van der Waals surface area contributed by atoms with Crippen molar-refractivity contribution in [1.29, 1.82) is 0 Å². The molecule has 2 unspecified atom stereocenters. The van der Waals surface area contributed by atoms with Crippen molar-refractivity contribution in [3.63, 3.8) is 0 Å². The molecule has 0 aliphatic carbocycles. The number of methoxy groups -OCH3 is 2. The first-order valence-electron chi connectivity index (χ1n) is 32.7. The van der Waals surface area contributed by atoms with Crippen LogP contribution in [-0.4, -0.2) is 143 Å². The fourth-order valence-corrected chi connectivity index (χ4v) is 10.4. The average molecular weight is 1140 g/mol. The van der Waals surface area contributed by atoms with Crippen LogP contribution in [0.25, 0.3) is 0 Å². The highest BCUT2D eigenvalue weighted by Crippen LogP contribution is 2.24. The van der Waals surface area contributed by atoms with E-state index in [0.29, 0.717) is 50.5 Å². The van der Waals surface area contributed by atoms with Crippen molar-refractivity contribution in [2.24, 2.45) is 0 Å². The summed E-state index contributed by atoms with van der Waals surface area (Å²) < 4.78 is 28.0. The molecule has 0 fully saturated rings. The molecular weight excluding hydrogens is 1010 g/mol. The Hall–Kier alpha value is -3.39. The fourth-order valence-electron chi connectivity index (χ4n) is 10.4. The van der Waals surface area contributed by atoms with Crippen LogP contribution in [0.1, 0.15) is 290 Å². The summed E-state index contributed by atoms with van der Waals surface area (Å²) >= 11 is 0. The first kappa shape index (κ1) is 78.7. The van der Waals surface area contributed by atoms with Crippen LogP contribution in [0, 0.1) is 0 Å². The van der Waals surface area contributed by atoms with Crippen molar-refractivity contribution in [3.05, 3.63) is 11.9 Å². The topological polar surface area (TPSA) is 143 Å². The Morgan fingerprint density at radius 1 is 0.412 bits per heavy atom. The molecule has 0 aromatic heterocycles. The molecule has 0 heterocycles. The second kappa shape index (κ2) is 58.8. The molecule has 2 atom stereocenters. The molecule has 0 aliphatic heterocycles. The minimum Gasteiger partial charge on any atom is -0.469 e. The zero-order valence-corrected chi connectivity index (χ0v) is 53.4. The smallest absolute Gasteiger partial charge is 0.366 e. The van der Waals surface area contributed by atoms with Crippen molar-refractivity contribution in [2.45, 2.75) is 303 Å². The highest BCUT2D eigenvalue weighted by Gasteiger charge is 2.24. The molecule has 14 heteroatoms. The van der Waals surface area contributed by atoms with Gasteiger partial charge < -0.3 is 38.6 Å². The van der Waals surface area contributed by atoms with Gasteiger partial charge in [0.15, 0.2) is 0 Å². The summed E-state index contributed by atoms with van der Waals surface area (Å²) in [5.74, 6) is -1.39. The zero-order chi connectivity index (χ0) is 59.7. The van der Waals surface area contributed by atoms with Crippen molar-refractivity contribution in [1.82, 2.24) is 19.6 Å². The normalized spacial score (nSPS) is 12.2. The van der Waals surface area contributed by atoms with Gasteiger partial charge in [-0.1, -0.05) is 168 Å². The maximum absolute atomic E-state index is 13.8. The molecule has 0 saturated carbocycles. The molecule has 0 bridgehead atoms. The molecule has 2 amide bonds. The number of halogens is 1. The van der Waals surface area contributed by atoms with Crippen molar-refractivity contribution >= 4 is 36.0 Å². The number of carbonyl (C=O) groups is 6. The van der Waals surface area contributed by atoms with Crippen LogP contribution in [0.4, 0.5) is 4.39 Å². The lowest BCUT2D eigenvalue weighted by Gasteiger charge is -2.33. The molecule has 0 aromatic carbocycles. The quantitative estimate of drug-likeness (QED) is 0.0189. The second-order valence-corrected chi connectivity index (χ2v) is 23.0. The molecule has 0 saturated heterocycles. The molecule has 0 rings (SSSR count). The Kier molecular flexibility index (Phi) is 57.8. The molecule has 470 valence electrons. The van der Waals surface area contributed by atoms with Gasteiger partial charge in [-0.2, -0.15) is 4.39 Å². The summed E-state index contributed by atoms with van der Waals surface area (Å²) in [6.45, 7) is 9.79. The second-order valence-electron chi connectivity index (χ2n) is 23.0. The highest BCUT2D eigenvalue weighted by molar-refractivity contribution is 5.85. The number of unbranched alkanes of at least 4 members (excludes halogenated alkanes) is 26. The number of allylic oxidation sites excluding steroid dienone is 1. The minimum atomic E-state index is -0.885. The summed E-state index contributed by atoms with van der Waals surface area (Å²) in [6.07, 6.45) is 45.2. The Balaban J connectivity index is 0. The van der Waals surface area contributed by atoms with Gasteiger partial charge in [0.25, 0.3) is 0 Å². The van der Waals surface area contributed by atoms with Crippen LogP contribution in [0.15, 0.2) is 11.9 Å². The summed E-state index contributed by atoms with van der Waals surface area (Å²) in [7, 11) is 11.1. The molecule has 13 nitrogen and oxygen atoms in total. The molecule has 0 N–H and O–H groups in total. The Bertz CT molecular complexity index is 1510. The fraction of sp³-hybridized carbons (Fsp3) is 0.879. The predicted octanol–water partition coefficient (Wildman–Crippen LogP) is 15.9. The molecule has 0 aromatic rings. The monoisotopic (exact) mass is 1140 g/mol. The van der Waals surface area contributed by atoms with Gasteiger partial charge in [0.05, 0.1) is 20.8 Å². The number of carbonyl (C=O) groups excluding carboxylic acids is 6. The molecular formula is C66H125FN4O9. The van der Waals surface area contributed by atoms with Crippen LogP contribution in [0.2, 0.25) is 0 Å². The number of ether oxygens (including phenoxy) is 3. The Morgan fingerprint density at radius 3 is 1.10 bits per heavy atom. The standard InChI is InChI=1S/C35H65FN2O5.C31H60N2O4/c1-6-8-9-10-11-13-18-24-31(25-19-15-16-20-26-32(36)35(41)43-7-2)38(33(39)27-23-29-37(3)4)30-22-17-12-14-21-28-34(40)42-5;1-5-6-7-8-9-11-16-22-29(23-17-13-15-20-28-34)33(30(35)24-21-26-32(2)3)27-19-14-10-12-18-25-31(36)37-4/h26,31H,6-25,27-30H2,1-5H3;28-29H,5-27H2,1-4H3/b32-26-;. The van der Waals surface area contributed by atoms with Gasteiger partial charge in [-0.25, -0.2) is 4.79 Å². The minimum absolute atomic E-state index is 0.129. The van der Waals surface area contributed by atoms with E-state index in [-0.39, 0.29) is 30.5 Å². The molecule has 80 heavy (non-hydrogen) atoms. The Morgan fingerprint density at radius 2 is 0.750 bits per heavy atom. The van der Waals surface area contributed by atoms with Crippen molar-refractivity contribution in [2.75, 3.05) is 75.2 Å². The zero-order valence-electron chi connectivity index (χ0n) is 53.4. The molecule has 0 radical (unpaired) electrons. The maximum atomic E-state index is 13.8. The van der Waals surface area contributed by atoms with Crippen LogP contribution in [0.5, 0.6) is 0 Å².